The van der Waals surface area contributed by atoms with Gasteiger partial charge in [0.2, 0.25) is 0 Å². The van der Waals surface area contributed by atoms with E-state index < -0.39 is 201 Å². The van der Waals surface area contributed by atoms with Gasteiger partial charge in [-0.1, -0.05) is 0 Å². The number of rotatable bonds is 39. The summed E-state index contributed by atoms with van der Waals surface area (Å²) in [4.78, 5) is 66.4. The van der Waals surface area contributed by atoms with Crippen LogP contribution in [0.1, 0.15) is 20.3 Å². The minimum Gasteiger partial charge on any atom is -0.756 e. The minimum atomic E-state index is -4.97. The number of hydrogen-bond donors (Lipinski definition) is 19. The summed E-state index contributed by atoms with van der Waals surface area (Å²) in [6.07, 6.45) is -13.3. The van der Waals surface area contributed by atoms with Crippen LogP contribution in [0.4, 0.5) is 0 Å². The predicted molar refractivity (Wildman–Crippen MR) is 249 cm³/mol. The Balaban J connectivity index is -0.000000577. The topological polar surface area (TPSA) is 701 Å². The summed E-state index contributed by atoms with van der Waals surface area (Å²) in [5.74, 6) is 0. The molecule has 79 heavy (non-hydrogen) atoms. The van der Waals surface area contributed by atoms with E-state index in [0.717, 1.165) is 7.11 Å². The summed E-state index contributed by atoms with van der Waals surface area (Å²) >= 11 is 0. The van der Waals surface area contributed by atoms with E-state index >= 15 is 0 Å². The third-order valence-corrected chi connectivity index (χ3v) is 14.2. The van der Waals surface area contributed by atoms with E-state index in [9.17, 15) is 82.0 Å². The molecule has 0 bridgehead atoms. The fraction of sp³-hybridized carbons (Fsp3) is 1.00. The predicted octanol–water partition coefficient (Wildman–Crippen LogP) is -8.28. The van der Waals surface area contributed by atoms with E-state index in [1.54, 1.807) is 13.8 Å². The molecular weight excluding hydrogens is 1250 g/mol. The first-order valence-corrected chi connectivity index (χ1v) is 31.3. The van der Waals surface area contributed by atoms with E-state index in [4.69, 9.17) is 60.5 Å². The van der Waals surface area contributed by atoms with Gasteiger partial charge in [-0.2, -0.15) is 0 Å². The molecular formula is C30H72O42P7-. The summed E-state index contributed by atoms with van der Waals surface area (Å²) in [6.45, 7) is -7.64. The second-order valence-corrected chi connectivity index (χ2v) is 24.9. The Morgan fingerprint density at radius 3 is 1.06 bits per heavy atom. The summed E-state index contributed by atoms with van der Waals surface area (Å²) in [7, 11) is -30.9. The maximum Gasteiger partial charge on any atom is 0.705 e. The van der Waals surface area contributed by atoms with Gasteiger partial charge in [0.05, 0.1) is 104 Å². The fourth-order valence-electron chi connectivity index (χ4n) is 3.89. The van der Waals surface area contributed by atoms with Crippen LogP contribution in [0.3, 0.4) is 0 Å². The first-order valence-electron chi connectivity index (χ1n) is 21.2. The van der Waals surface area contributed by atoms with Crippen molar-refractivity contribution in [1.82, 2.24) is 0 Å². The van der Waals surface area contributed by atoms with E-state index in [2.05, 4.69) is 54.1 Å². The van der Waals surface area contributed by atoms with Gasteiger partial charge in [0.1, 0.15) is 61.5 Å². The van der Waals surface area contributed by atoms with Crippen molar-refractivity contribution in [1.29, 1.82) is 0 Å². The van der Waals surface area contributed by atoms with Crippen LogP contribution in [0.5, 0.6) is 0 Å². The second-order valence-electron chi connectivity index (χ2n) is 15.2. The van der Waals surface area contributed by atoms with Gasteiger partial charge < -0.3 is 125 Å². The lowest BCUT2D eigenvalue weighted by atomic mass is 9.98. The van der Waals surface area contributed by atoms with Crippen molar-refractivity contribution in [2.45, 2.75) is 86.9 Å². The zero-order valence-electron chi connectivity index (χ0n) is 41.7. The van der Waals surface area contributed by atoms with E-state index in [1.807, 2.05) is 0 Å². The molecule has 1 rings (SSSR count). The Labute approximate surface area is 449 Å². The van der Waals surface area contributed by atoms with Crippen LogP contribution in [0.2, 0.25) is 0 Å². The van der Waals surface area contributed by atoms with Gasteiger partial charge in [-0.15, -0.1) is 4.52 Å². The van der Waals surface area contributed by atoms with E-state index in [0.29, 0.717) is 0 Å². The molecule has 1 heterocycles. The van der Waals surface area contributed by atoms with Crippen LogP contribution in [0.15, 0.2) is 0 Å². The number of hydrogen-bond acceptors (Lipinski definition) is 36. The molecule has 1 fully saturated rings. The number of aliphatic hydroxyl groups is 14. The second kappa shape index (κ2) is 42.8. The number of phosphoric ester groups is 6. The molecule has 0 aromatic rings. The molecule has 480 valence electrons. The summed E-state index contributed by atoms with van der Waals surface area (Å²) in [5.41, 5.74) is -0.950. The highest BCUT2D eigenvalue weighted by Gasteiger charge is 2.48. The molecule has 21 N–H and O–H groups in total. The molecule has 1 aliphatic rings. The molecule has 42 nitrogen and oxygen atoms in total. The first kappa shape index (κ1) is 85.5. The lowest BCUT2D eigenvalue weighted by Crippen LogP contribution is -2.37. The molecule has 16 unspecified atom stereocenters. The quantitative estimate of drug-likeness (QED) is 0.0254. The molecule has 1 aliphatic heterocycles. The SMILES string of the molecule is CC1(C)OC(CCO[P+](=O)OP(=O)([O-])OCC(O)CO)C(O)C1O.COP(=O)(O)OCC(O)COP(=O)(O)OCC(O)COP(=O)(O)OCC(O)COP(=O)(O)OCC(O)CO.O.O=P([O-])(O)OCC(O)CO.OCC(O)CO. The normalized spacial score (nSPS) is 23.2. The van der Waals surface area contributed by atoms with Crippen molar-refractivity contribution in [2.24, 2.45) is 0 Å². The molecule has 16 atom stereocenters. The van der Waals surface area contributed by atoms with Crippen LogP contribution < -0.4 is 9.79 Å². The average molecular weight is 1320 g/mol. The molecule has 0 aromatic heterocycles. The zero-order chi connectivity index (χ0) is 61.4. The van der Waals surface area contributed by atoms with Crippen molar-refractivity contribution in [3.8, 4) is 0 Å². The molecule has 0 aliphatic carbocycles. The Morgan fingerprint density at radius 1 is 0.506 bits per heavy atom. The number of phosphoric acid groups is 6. The summed E-state index contributed by atoms with van der Waals surface area (Å²) < 4.78 is 135. The summed E-state index contributed by atoms with van der Waals surface area (Å²) in [5, 5.41) is 124. The molecule has 49 heteroatoms. The Kier molecular flexibility index (Phi) is 46.4. The van der Waals surface area contributed by atoms with Gasteiger partial charge in [-0.05, 0) is 18.2 Å². The number of aliphatic hydroxyl groups excluding tert-OH is 14. The van der Waals surface area contributed by atoms with Crippen molar-refractivity contribution in [3.63, 3.8) is 0 Å². The van der Waals surface area contributed by atoms with Gasteiger partial charge >= 0.3 is 47.4 Å². The molecule has 1 saturated heterocycles. The van der Waals surface area contributed by atoms with Crippen LogP contribution in [0, 0.1) is 0 Å². The third-order valence-electron chi connectivity index (χ3n) is 7.79. The van der Waals surface area contributed by atoms with Crippen molar-refractivity contribution in [2.75, 3.05) is 106 Å². The van der Waals surface area contributed by atoms with Gasteiger partial charge in [0, 0.05) is 18.1 Å². The highest BCUT2D eigenvalue weighted by atomic mass is 31.2. The average Bonchev–Trinajstić information content (AvgIpc) is 3.56. The van der Waals surface area contributed by atoms with Crippen LogP contribution in [-0.2, 0) is 90.8 Å². The first-order chi connectivity index (χ1) is 35.6. The molecule has 0 radical (unpaired) electrons. The Morgan fingerprint density at radius 2 is 0.797 bits per heavy atom. The van der Waals surface area contributed by atoms with Gasteiger partial charge in [-0.25, -0.2) is 18.3 Å². The van der Waals surface area contributed by atoms with Crippen LogP contribution in [-0.4, -0.2) is 274 Å². The highest BCUT2D eigenvalue weighted by molar-refractivity contribution is 7.55. The Bertz CT molecular complexity index is 1890. The molecule has 0 aromatic carbocycles. The fourth-order valence-corrected chi connectivity index (χ4v) is 8.74. The highest BCUT2D eigenvalue weighted by Crippen LogP contribution is 2.50. The monoisotopic (exact) mass is 1320 g/mol. The lowest BCUT2D eigenvalue weighted by Gasteiger charge is -2.21. The largest absolute Gasteiger partial charge is 0.756 e. The van der Waals surface area contributed by atoms with Gasteiger partial charge in [0.25, 0.3) is 7.82 Å². The summed E-state index contributed by atoms with van der Waals surface area (Å²) in [6, 6.07) is 0. The van der Waals surface area contributed by atoms with E-state index in [1.165, 1.54) is 0 Å². The minimum absolute atomic E-state index is 0. The van der Waals surface area contributed by atoms with Crippen molar-refractivity contribution >= 4 is 55.2 Å². The van der Waals surface area contributed by atoms with Gasteiger partial charge in [-0.3, -0.25) is 45.3 Å². The zero-order valence-corrected chi connectivity index (χ0v) is 48.0. The molecule has 0 saturated carbocycles. The number of ether oxygens (including phenoxy) is 1. The molecule has 0 spiro atoms. The lowest BCUT2D eigenvalue weighted by molar-refractivity contribution is -0.222. The van der Waals surface area contributed by atoms with Crippen molar-refractivity contribution in [3.05, 3.63) is 0 Å². The molecule has 0 amide bonds. The van der Waals surface area contributed by atoms with E-state index in [-0.39, 0.29) is 31.7 Å². The van der Waals surface area contributed by atoms with Crippen LogP contribution in [0.25, 0.3) is 0 Å². The van der Waals surface area contributed by atoms with Crippen LogP contribution >= 0.6 is 55.2 Å². The smallest absolute Gasteiger partial charge is 0.705 e. The standard InChI is InChI=1S/C13H32O21P4.C11H22O11P2.C3H9O6P.C3H8O3.H2O/c1-27-35(19,20)28-4-11(16)5-31-37(23,24)32-8-13(18)9-34-38(25,26)33-7-12(17)6-30-36(21,22)29-3-10(15)2-14;1-11(2)10(15)9(14)8(21-11)3-4-19-23(16)22-24(17,18)20-6-7(13)5-12;4-1-3(5)2-9-10(6,7)8;4-1-3(6)2-5;/h10-18H,2-9H2,1H3,(H,19,20)(H,21,22)(H,23,24)(H,25,26);7-10,12-15H,3-6H2,1-2H3;3-5H,1-2H2,(H2,6,7,8);3-6H,1-2H2;1H2/p-1. The van der Waals surface area contributed by atoms with Crippen molar-refractivity contribution < 1.29 is 202 Å². The third kappa shape index (κ3) is 48.0. The maximum absolute atomic E-state index is 11.8. The Hall–Kier alpha value is 0.0800. The maximum atomic E-state index is 11.8. The van der Waals surface area contributed by atoms with Gasteiger partial charge in [0.15, 0.2) is 0 Å².